The maximum atomic E-state index is 12.5. The van der Waals surface area contributed by atoms with Gasteiger partial charge in [-0.3, -0.25) is 9.20 Å². The van der Waals surface area contributed by atoms with Gasteiger partial charge < -0.3 is 19.8 Å². The molecule has 0 aromatic carbocycles. The van der Waals surface area contributed by atoms with E-state index < -0.39 is 11.4 Å². The predicted octanol–water partition coefficient (Wildman–Crippen LogP) is 5.80. The molecule has 4 aromatic rings. The number of aromatic nitrogens is 4. The van der Waals surface area contributed by atoms with E-state index >= 15 is 0 Å². The second kappa shape index (κ2) is 10.5. The van der Waals surface area contributed by atoms with Crippen LogP contribution in [0.4, 0.5) is 0 Å². The fourth-order valence-electron chi connectivity index (χ4n) is 4.36. The van der Waals surface area contributed by atoms with E-state index in [0.29, 0.717) is 22.7 Å². The Morgan fingerprint density at radius 3 is 2.47 bits per heavy atom. The van der Waals surface area contributed by atoms with Gasteiger partial charge in [0.15, 0.2) is 5.88 Å². The highest BCUT2D eigenvalue weighted by molar-refractivity contribution is 5.91. The average Bonchev–Trinajstić information content (AvgIpc) is 3.48. The summed E-state index contributed by atoms with van der Waals surface area (Å²) in [5, 5.41) is 3.98. The zero-order chi connectivity index (χ0) is 27.8. The molecule has 9 heteroatoms. The molecule has 4 aromatic heterocycles. The summed E-state index contributed by atoms with van der Waals surface area (Å²) < 4.78 is 12.9. The molecule has 4 heterocycles. The Bertz CT molecular complexity index is 1490. The lowest BCUT2D eigenvalue weighted by Crippen LogP contribution is -2.36. The van der Waals surface area contributed by atoms with Gasteiger partial charge in [-0.05, 0) is 50.5 Å². The van der Waals surface area contributed by atoms with Crippen molar-refractivity contribution in [1.29, 1.82) is 0 Å². The minimum atomic E-state index is -0.484. The highest BCUT2D eigenvalue weighted by Gasteiger charge is 2.26. The molecule has 0 aliphatic rings. The standard InChI is InChI=1S/C29H37N5O4/c1-9-16(3)25-24(33-22-14-19(27(35)38-10-2)15-23(37-8)34(22)25)21-13-18-11-12-20(31-26(18)32-21)17(4)30-28(36)29(5,6)7/h11-17H,9-10H2,1-8H3,(H,30,36)(H,31,32)/t16?,17-/m1/s1. The lowest BCUT2D eigenvalue weighted by Gasteiger charge is -2.21. The Labute approximate surface area is 223 Å². The second-order valence-corrected chi connectivity index (χ2v) is 10.7. The number of imidazole rings is 1. The fourth-order valence-corrected chi connectivity index (χ4v) is 4.36. The second-order valence-electron chi connectivity index (χ2n) is 10.7. The highest BCUT2D eigenvalue weighted by Crippen LogP contribution is 2.36. The monoisotopic (exact) mass is 519 g/mol. The molecule has 0 saturated heterocycles. The number of rotatable bonds is 8. The van der Waals surface area contributed by atoms with E-state index in [2.05, 4.69) is 24.1 Å². The van der Waals surface area contributed by atoms with E-state index in [1.54, 1.807) is 26.2 Å². The number of H-pyrrole nitrogens is 1. The number of methoxy groups -OCH3 is 1. The van der Waals surface area contributed by atoms with E-state index in [1.807, 2.05) is 50.3 Å². The molecular weight excluding hydrogens is 482 g/mol. The molecule has 0 radical (unpaired) electrons. The Morgan fingerprint density at radius 1 is 1.11 bits per heavy atom. The maximum absolute atomic E-state index is 12.5. The molecular formula is C29H37N5O4. The van der Waals surface area contributed by atoms with Gasteiger partial charge in [-0.25, -0.2) is 14.8 Å². The third-order valence-electron chi connectivity index (χ3n) is 6.75. The van der Waals surface area contributed by atoms with Crippen molar-refractivity contribution in [3.05, 3.63) is 47.3 Å². The molecule has 0 fully saturated rings. The van der Waals surface area contributed by atoms with Crippen LogP contribution in [0.15, 0.2) is 30.3 Å². The minimum Gasteiger partial charge on any atom is -0.482 e. The summed E-state index contributed by atoms with van der Waals surface area (Å²) in [5.41, 5.74) is 4.54. The molecule has 0 spiro atoms. The van der Waals surface area contributed by atoms with Gasteiger partial charge >= 0.3 is 5.97 Å². The first kappa shape index (κ1) is 27.2. The van der Waals surface area contributed by atoms with Gasteiger partial charge in [0.1, 0.15) is 17.0 Å². The van der Waals surface area contributed by atoms with Gasteiger partial charge in [-0.2, -0.15) is 0 Å². The topological polar surface area (TPSA) is 111 Å². The zero-order valence-electron chi connectivity index (χ0n) is 23.4. The van der Waals surface area contributed by atoms with Crippen LogP contribution in [0.3, 0.4) is 0 Å². The largest absolute Gasteiger partial charge is 0.482 e. The van der Waals surface area contributed by atoms with Crippen LogP contribution in [0, 0.1) is 5.41 Å². The van der Waals surface area contributed by atoms with Crippen molar-refractivity contribution in [2.75, 3.05) is 13.7 Å². The quantitative estimate of drug-likeness (QED) is 0.285. The molecule has 4 rings (SSSR count). The molecule has 1 amide bonds. The highest BCUT2D eigenvalue weighted by atomic mass is 16.5. The number of carbonyl (C=O) groups excluding carboxylic acids is 2. The minimum absolute atomic E-state index is 0.0295. The molecule has 0 aliphatic carbocycles. The number of pyridine rings is 2. The van der Waals surface area contributed by atoms with Crippen molar-refractivity contribution in [2.45, 2.75) is 66.8 Å². The summed E-state index contributed by atoms with van der Waals surface area (Å²) in [6.45, 7) is 13.9. The van der Waals surface area contributed by atoms with Crippen molar-refractivity contribution in [3.8, 4) is 17.3 Å². The van der Waals surface area contributed by atoms with Gasteiger partial charge in [0.2, 0.25) is 5.91 Å². The first-order valence-corrected chi connectivity index (χ1v) is 13.1. The molecule has 38 heavy (non-hydrogen) atoms. The van der Waals surface area contributed by atoms with Crippen molar-refractivity contribution in [2.24, 2.45) is 5.41 Å². The van der Waals surface area contributed by atoms with Crippen LogP contribution < -0.4 is 10.1 Å². The van der Waals surface area contributed by atoms with Crippen LogP contribution in [0.5, 0.6) is 5.88 Å². The number of esters is 1. The van der Waals surface area contributed by atoms with Gasteiger partial charge in [0.05, 0.1) is 42.4 Å². The first-order valence-electron chi connectivity index (χ1n) is 13.1. The third-order valence-corrected chi connectivity index (χ3v) is 6.75. The number of fused-ring (bicyclic) bond motifs is 2. The average molecular weight is 520 g/mol. The number of ether oxygens (including phenoxy) is 2. The number of hydrogen-bond donors (Lipinski definition) is 2. The molecule has 0 saturated carbocycles. The van der Waals surface area contributed by atoms with Crippen LogP contribution in [0.1, 0.15) is 88.6 Å². The van der Waals surface area contributed by atoms with Crippen LogP contribution in [0.2, 0.25) is 0 Å². The van der Waals surface area contributed by atoms with Crippen LogP contribution in [-0.4, -0.2) is 44.9 Å². The third kappa shape index (κ3) is 5.10. The fraction of sp³-hybridized carbons (Fsp3) is 0.448. The summed E-state index contributed by atoms with van der Waals surface area (Å²) in [5.74, 6) is 0.223. The first-order chi connectivity index (χ1) is 18.0. The van der Waals surface area contributed by atoms with E-state index in [9.17, 15) is 9.59 Å². The van der Waals surface area contributed by atoms with Crippen molar-refractivity contribution in [3.63, 3.8) is 0 Å². The molecule has 2 N–H and O–H groups in total. The van der Waals surface area contributed by atoms with Crippen molar-refractivity contribution >= 4 is 28.6 Å². The van der Waals surface area contributed by atoms with Crippen molar-refractivity contribution in [1.82, 2.24) is 24.7 Å². The lowest BCUT2D eigenvalue weighted by molar-refractivity contribution is -0.129. The molecule has 1 unspecified atom stereocenters. The zero-order valence-corrected chi connectivity index (χ0v) is 23.4. The summed E-state index contributed by atoms with van der Waals surface area (Å²) in [6.07, 6.45) is 0.886. The van der Waals surface area contributed by atoms with Crippen LogP contribution >= 0.6 is 0 Å². The molecule has 2 atom stereocenters. The van der Waals surface area contributed by atoms with Gasteiger partial charge in [0.25, 0.3) is 0 Å². The van der Waals surface area contributed by atoms with Gasteiger partial charge in [-0.1, -0.05) is 34.6 Å². The molecule has 0 bridgehead atoms. The Hall–Kier alpha value is -3.88. The summed E-state index contributed by atoms with van der Waals surface area (Å²) in [6, 6.07) is 9.13. The van der Waals surface area contributed by atoms with Crippen molar-refractivity contribution < 1.29 is 19.1 Å². The van der Waals surface area contributed by atoms with Gasteiger partial charge in [0, 0.05) is 16.9 Å². The summed E-state index contributed by atoms with van der Waals surface area (Å²) in [4.78, 5) is 38.1. The number of carbonyl (C=O) groups is 2. The van der Waals surface area contributed by atoms with Crippen LogP contribution in [0.25, 0.3) is 28.1 Å². The predicted molar refractivity (Wildman–Crippen MR) is 148 cm³/mol. The van der Waals surface area contributed by atoms with E-state index in [0.717, 1.165) is 34.6 Å². The van der Waals surface area contributed by atoms with Crippen LogP contribution in [-0.2, 0) is 9.53 Å². The Balaban J connectivity index is 1.82. The summed E-state index contributed by atoms with van der Waals surface area (Å²) in [7, 11) is 1.58. The Morgan fingerprint density at radius 2 is 1.84 bits per heavy atom. The SMILES string of the molecule is CCOC(=O)c1cc(OC)n2c(C(C)CC)c(-c3cc4ccc([C@@H](C)NC(=O)C(C)(C)C)nc4[nH]3)nc2c1. The lowest BCUT2D eigenvalue weighted by atomic mass is 9.95. The van der Waals surface area contributed by atoms with E-state index in [4.69, 9.17) is 19.4 Å². The number of amides is 1. The molecule has 9 nitrogen and oxygen atoms in total. The normalized spacial score (nSPS) is 13.5. The Kier molecular flexibility index (Phi) is 7.49. The molecule has 0 aliphatic heterocycles. The van der Waals surface area contributed by atoms with Gasteiger partial charge in [-0.15, -0.1) is 0 Å². The number of nitrogens with zero attached hydrogens (tertiary/aromatic N) is 3. The maximum Gasteiger partial charge on any atom is 0.338 e. The number of hydrogen-bond acceptors (Lipinski definition) is 6. The smallest absolute Gasteiger partial charge is 0.338 e. The van der Waals surface area contributed by atoms with E-state index in [1.165, 1.54) is 0 Å². The van der Waals surface area contributed by atoms with E-state index in [-0.39, 0.29) is 24.5 Å². The number of aromatic amines is 1. The summed E-state index contributed by atoms with van der Waals surface area (Å²) >= 11 is 0. The number of nitrogens with one attached hydrogen (secondary N) is 2. The molecule has 202 valence electrons.